The zero-order valence-electron chi connectivity index (χ0n) is 11.7. The smallest absolute Gasteiger partial charge is 0.134 e. The summed E-state index contributed by atoms with van der Waals surface area (Å²) in [5, 5.41) is 3.27. The fourth-order valence-electron chi connectivity index (χ4n) is 1.95. The highest BCUT2D eigenvalue weighted by Gasteiger charge is 2.01. The van der Waals surface area contributed by atoms with Gasteiger partial charge in [0.2, 0.25) is 0 Å². The first-order valence-corrected chi connectivity index (χ1v) is 8.33. The van der Waals surface area contributed by atoms with E-state index in [1.54, 1.807) is 6.33 Å². The number of hydrogen-bond acceptors (Lipinski definition) is 4. The first-order valence-electron chi connectivity index (χ1n) is 6.80. The van der Waals surface area contributed by atoms with E-state index in [9.17, 15) is 0 Å². The van der Waals surface area contributed by atoms with Gasteiger partial charge in [-0.2, -0.15) is 0 Å². The molecule has 1 heterocycles. The number of nitrogens with one attached hydrogen (secondary N) is 1. The molecule has 0 spiro atoms. The molecule has 2 aromatic carbocycles. The van der Waals surface area contributed by atoms with Gasteiger partial charge in [0.1, 0.15) is 23.6 Å². The van der Waals surface area contributed by atoms with Gasteiger partial charge < -0.3 is 10.1 Å². The Morgan fingerprint density at radius 1 is 0.909 bits per heavy atom. The highest BCUT2D eigenvalue weighted by Crippen LogP contribution is 2.25. The molecule has 0 aliphatic heterocycles. The second-order valence-electron chi connectivity index (χ2n) is 4.60. The van der Waals surface area contributed by atoms with E-state index in [1.807, 2.05) is 60.7 Å². The Morgan fingerprint density at radius 2 is 1.73 bits per heavy atom. The van der Waals surface area contributed by atoms with Crippen LogP contribution in [0.2, 0.25) is 0 Å². The summed E-state index contributed by atoms with van der Waals surface area (Å²) >= 11 is 2.28. The molecule has 0 fully saturated rings. The van der Waals surface area contributed by atoms with E-state index < -0.39 is 0 Å². The maximum absolute atomic E-state index is 5.83. The molecule has 0 unspecified atom stereocenters. The maximum atomic E-state index is 5.83. The molecule has 3 aromatic rings. The third-order valence-corrected chi connectivity index (χ3v) is 3.73. The number of rotatable bonds is 5. The molecule has 0 aliphatic carbocycles. The van der Waals surface area contributed by atoms with Crippen molar-refractivity contribution in [3.63, 3.8) is 0 Å². The number of hydrogen-bond donors (Lipinski definition) is 1. The molecule has 0 amide bonds. The van der Waals surface area contributed by atoms with Gasteiger partial charge in [0.15, 0.2) is 0 Å². The number of alkyl halides is 1. The van der Waals surface area contributed by atoms with Crippen LogP contribution in [0.5, 0.6) is 11.5 Å². The molecular weight excluding hydrogens is 389 g/mol. The zero-order chi connectivity index (χ0) is 15.2. The van der Waals surface area contributed by atoms with Gasteiger partial charge in [-0.25, -0.2) is 9.97 Å². The SMILES string of the molecule is ICc1cc(Nc2cccc(Oc3ccccc3)c2)ncn1. The number of aromatic nitrogens is 2. The van der Waals surface area contributed by atoms with E-state index in [-0.39, 0.29) is 0 Å². The number of nitrogens with zero attached hydrogens (tertiary/aromatic N) is 2. The van der Waals surface area contributed by atoms with Crippen molar-refractivity contribution in [2.45, 2.75) is 4.43 Å². The molecule has 0 saturated heterocycles. The van der Waals surface area contributed by atoms with Crippen LogP contribution in [0.1, 0.15) is 5.69 Å². The molecule has 1 N–H and O–H groups in total. The molecule has 0 aliphatic rings. The summed E-state index contributed by atoms with van der Waals surface area (Å²) in [5.74, 6) is 2.37. The fraction of sp³-hybridized carbons (Fsp3) is 0.0588. The molecule has 22 heavy (non-hydrogen) atoms. The Hall–Kier alpha value is -2.15. The van der Waals surface area contributed by atoms with Gasteiger partial charge >= 0.3 is 0 Å². The third kappa shape index (κ3) is 3.94. The Morgan fingerprint density at radius 3 is 2.55 bits per heavy atom. The normalized spacial score (nSPS) is 10.2. The molecule has 3 rings (SSSR count). The molecule has 4 nitrogen and oxygen atoms in total. The molecule has 110 valence electrons. The summed E-state index contributed by atoms with van der Waals surface area (Å²) < 4.78 is 6.68. The molecule has 0 atom stereocenters. The average molecular weight is 403 g/mol. The number of anilines is 2. The van der Waals surface area contributed by atoms with Crippen LogP contribution in [0, 0.1) is 0 Å². The molecule has 0 bridgehead atoms. The van der Waals surface area contributed by atoms with Crippen molar-refractivity contribution in [3.05, 3.63) is 72.7 Å². The van der Waals surface area contributed by atoms with E-state index in [1.165, 1.54) is 0 Å². The van der Waals surface area contributed by atoms with Crippen molar-refractivity contribution in [2.24, 2.45) is 0 Å². The van der Waals surface area contributed by atoms with Crippen LogP contribution in [0.4, 0.5) is 11.5 Å². The third-order valence-electron chi connectivity index (χ3n) is 2.95. The lowest BCUT2D eigenvalue weighted by Crippen LogP contribution is -1.96. The second-order valence-corrected chi connectivity index (χ2v) is 5.36. The standard InChI is InChI=1S/C17H14IN3O/c18-11-14-10-17(20-12-19-14)21-13-5-4-8-16(9-13)22-15-6-2-1-3-7-15/h1-10,12H,11H2,(H,19,20,21). The van der Waals surface area contributed by atoms with E-state index in [0.29, 0.717) is 0 Å². The quantitative estimate of drug-likeness (QED) is 0.484. The predicted octanol–water partition coefficient (Wildman–Crippen LogP) is 4.95. The Balaban J connectivity index is 1.76. The van der Waals surface area contributed by atoms with Crippen LogP contribution >= 0.6 is 22.6 Å². The van der Waals surface area contributed by atoms with Crippen LogP contribution in [-0.2, 0) is 4.43 Å². The Labute approximate surface area is 142 Å². The minimum Gasteiger partial charge on any atom is -0.457 e. The summed E-state index contributed by atoms with van der Waals surface area (Å²) in [5.41, 5.74) is 1.92. The lowest BCUT2D eigenvalue weighted by atomic mass is 10.3. The van der Waals surface area contributed by atoms with E-state index >= 15 is 0 Å². The minimum atomic E-state index is 0.776. The van der Waals surface area contributed by atoms with Crippen molar-refractivity contribution in [2.75, 3.05) is 5.32 Å². The van der Waals surface area contributed by atoms with Crippen LogP contribution < -0.4 is 10.1 Å². The first kappa shape index (κ1) is 14.8. The summed E-state index contributed by atoms with van der Waals surface area (Å²) in [6.45, 7) is 0. The Kier molecular flexibility index (Phi) is 4.85. The Bertz CT molecular complexity index is 750. The molecule has 0 radical (unpaired) electrons. The molecule has 0 saturated carbocycles. The maximum Gasteiger partial charge on any atom is 0.134 e. The van der Waals surface area contributed by atoms with Gasteiger partial charge in [-0.3, -0.25) is 0 Å². The minimum absolute atomic E-state index is 0.776. The number of halogens is 1. The van der Waals surface area contributed by atoms with Crippen molar-refractivity contribution in [3.8, 4) is 11.5 Å². The van der Waals surface area contributed by atoms with Crippen LogP contribution in [0.25, 0.3) is 0 Å². The van der Waals surface area contributed by atoms with Gasteiger partial charge in [0, 0.05) is 22.2 Å². The lowest BCUT2D eigenvalue weighted by Gasteiger charge is -2.09. The summed E-state index contributed by atoms with van der Waals surface area (Å²) in [6.07, 6.45) is 1.57. The van der Waals surface area contributed by atoms with E-state index in [4.69, 9.17) is 4.74 Å². The van der Waals surface area contributed by atoms with E-state index in [0.717, 1.165) is 33.1 Å². The van der Waals surface area contributed by atoms with Gasteiger partial charge in [-0.15, -0.1) is 0 Å². The van der Waals surface area contributed by atoms with Gasteiger partial charge in [-0.05, 0) is 24.3 Å². The summed E-state index contributed by atoms with van der Waals surface area (Å²) in [4.78, 5) is 8.42. The van der Waals surface area contributed by atoms with Gasteiger partial charge in [0.25, 0.3) is 0 Å². The topological polar surface area (TPSA) is 47.0 Å². The highest BCUT2D eigenvalue weighted by molar-refractivity contribution is 14.1. The number of para-hydroxylation sites is 1. The average Bonchev–Trinajstić information content (AvgIpc) is 2.56. The first-order chi connectivity index (χ1) is 10.8. The van der Waals surface area contributed by atoms with Crippen molar-refractivity contribution < 1.29 is 4.74 Å². The molecule has 5 heteroatoms. The largest absolute Gasteiger partial charge is 0.457 e. The monoisotopic (exact) mass is 403 g/mol. The van der Waals surface area contributed by atoms with Gasteiger partial charge in [-0.1, -0.05) is 46.9 Å². The lowest BCUT2D eigenvalue weighted by molar-refractivity contribution is 0.483. The number of benzene rings is 2. The van der Waals surface area contributed by atoms with Crippen LogP contribution in [0.3, 0.4) is 0 Å². The highest BCUT2D eigenvalue weighted by atomic mass is 127. The van der Waals surface area contributed by atoms with Crippen LogP contribution in [-0.4, -0.2) is 9.97 Å². The summed E-state index contributed by atoms with van der Waals surface area (Å²) in [7, 11) is 0. The molecular formula is C17H14IN3O. The van der Waals surface area contributed by atoms with Crippen molar-refractivity contribution in [1.29, 1.82) is 0 Å². The molecule has 1 aromatic heterocycles. The summed E-state index contributed by atoms with van der Waals surface area (Å²) in [6, 6.07) is 19.4. The fourth-order valence-corrected chi connectivity index (χ4v) is 2.37. The second kappa shape index (κ2) is 7.22. The predicted molar refractivity (Wildman–Crippen MR) is 96.0 cm³/mol. The van der Waals surface area contributed by atoms with E-state index in [2.05, 4.69) is 37.9 Å². The van der Waals surface area contributed by atoms with Crippen LogP contribution in [0.15, 0.2) is 67.0 Å². The van der Waals surface area contributed by atoms with Gasteiger partial charge in [0.05, 0.1) is 5.69 Å². The zero-order valence-corrected chi connectivity index (χ0v) is 13.9. The van der Waals surface area contributed by atoms with Crippen molar-refractivity contribution in [1.82, 2.24) is 9.97 Å². The number of ether oxygens (including phenoxy) is 1. The van der Waals surface area contributed by atoms with Crippen molar-refractivity contribution >= 4 is 34.1 Å².